The van der Waals surface area contributed by atoms with E-state index in [2.05, 4.69) is 10.0 Å². The lowest BCUT2D eigenvalue weighted by Gasteiger charge is -2.34. The number of nitrogens with one attached hydrogen (secondary N) is 2. The van der Waals surface area contributed by atoms with Gasteiger partial charge in [0.05, 0.1) is 5.69 Å². The van der Waals surface area contributed by atoms with E-state index in [0.717, 1.165) is 31.4 Å². The molecule has 1 saturated heterocycles. The highest BCUT2D eigenvalue weighted by Gasteiger charge is 2.31. The van der Waals surface area contributed by atoms with Crippen molar-refractivity contribution in [1.82, 2.24) is 9.62 Å². The third-order valence-electron chi connectivity index (χ3n) is 3.43. The Hall–Kier alpha value is -0.890. The first-order valence-corrected chi connectivity index (χ1v) is 8.64. The minimum Gasteiger partial charge on any atom is -0.318 e. The van der Waals surface area contributed by atoms with Gasteiger partial charge in [0.1, 0.15) is 5.82 Å². The van der Waals surface area contributed by atoms with Crippen LogP contribution >= 0.6 is 11.6 Å². The third kappa shape index (κ3) is 4.29. The van der Waals surface area contributed by atoms with Crippen molar-refractivity contribution in [3.8, 4) is 0 Å². The SMILES string of the molecule is CNCC1CCCCN1S(=O)(=O)Nc1cc(F)cc(Cl)c1. The molecule has 2 rings (SSSR count). The van der Waals surface area contributed by atoms with Crippen LogP contribution in [0.1, 0.15) is 19.3 Å². The van der Waals surface area contributed by atoms with Gasteiger partial charge in [-0.15, -0.1) is 0 Å². The monoisotopic (exact) mass is 335 g/mol. The molecule has 0 bridgehead atoms. The summed E-state index contributed by atoms with van der Waals surface area (Å²) in [6.45, 7) is 1.05. The number of nitrogens with zero attached hydrogens (tertiary/aromatic N) is 1. The Morgan fingerprint density at radius 1 is 1.38 bits per heavy atom. The van der Waals surface area contributed by atoms with Gasteiger partial charge >= 0.3 is 10.2 Å². The summed E-state index contributed by atoms with van der Waals surface area (Å²) in [4.78, 5) is 0. The van der Waals surface area contributed by atoms with Crippen molar-refractivity contribution in [3.63, 3.8) is 0 Å². The summed E-state index contributed by atoms with van der Waals surface area (Å²) in [5, 5.41) is 3.16. The predicted octanol–water partition coefficient (Wildman–Crippen LogP) is 2.21. The van der Waals surface area contributed by atoms with Gasteiger partial charge in [0, 0.05) is 24.2 Å². The highest BCUT2D eigenvalue weighted by Crippen LogP contribution is 2.24. The lowest BCUT2D eigenvalue weighted by atomic mass is 10.1. The lowest BCUT2D eigenvalue weighted by Crippen LogP contribution is -2.49. The molecule has 1 fully saturated rings. The van der Waals surface area contributed by atoms with E-state index in [9.17, 15) is 12.8 Å². The smallest absolute Gasteiger partial charge is 0.301 e. The summed E-state index contributed by atoms with van der Waals surface area (Å²) in [6.07, 6.45) is 2.64. The Balaban J connectivity index is 2.19. The predicted molar refractivity (Wildman–Crippen MR) is 82.2 cm³/mol. The maximum Gasteiger partial charge on any atom is 0.301 e. The van der Waals surface area contributed by atoms with Crippen LogP contribution in [0.4, 0.5) is 10.1 Å². The van der Waals surface area contributed by atoms with E-state index in [1.165, 1.54) is 10.4 Å². The van der Waals surface area contributed by atoms with Crippen molar-refractivity contribution in [2.24, 2.45) is 0 Å². The van der Waals surface area contributed by atoms with Crippen LogP contribution in [0.15, 0.2) is 18.2 Å². The maximum atomic E-state index is 13.3. The number of halogens is 2. The molecule has 0 saturated carbocycles. The zero-order chi connectivity index (χ0) is 15.5. The van der Waals surface area contributed by atoms with Crippen LogP contribution in [-0.4, -0.2) is 38.9 Å². The molecule has 1 atom stereocenters. The van der Waals surface area contributed by atoms with Gasteiger partial charge in [0.2, 0.25) is 0 Å². The Morgan fingerprint density at radius 2 is 2.14 bits per heavy atom. The van der Waals surface area contributed by atoms with Crippen LogP contribution in [0, 0.1) is 5.82 Å². The van der Waals surface area contributed by atoms with Crippen molar-refractivity contribution in [2.75, 3.05) is 24.9 Å². The van der Waals surface area contributed by atoms with Crippen molar-refractivity contribution in [2.45, 2.75) is 25.3 Å². The van der Waals surface area contributed by atoms with Crippen molar-refractivity contribution >= 4 is 27.5 Å². The number of rotatable bonds is 5. The van der Waals surface area contributed by atoms with E-state index in [-0.39, 0.29) is 16.8 Å². The Labute approximate surface area is 129 Å². The molecule has 1 aromatic rings. The molecule has 5 nitrogen and oxygen atoms in total. The molecule has 2 N–H and O–H groups in total. The molecule has 0 amide bonds. The van der Waals surface area contributed by atoms with Crippen LogP contribution in [-0.2, 0) is 10.2 Å². The average Bonchev–Trinajstić information content (AvgIpc) is 2.37. The van der Waals surface area contributed by atoms with Crippen LogP contribution in [0.25, 0.3) is 0 Å². The summed E-state index contributed by atoms with van der Waals surface area (Å²) in [7, 11) is -1.93. The summed E-state index contributed by atoms with van der Waals surface area (Å²) in [6, 6.07) is 3.54. The Kier molecular flexibility index (Phi) is 5.43. The van der Waals surface area contributed by atoms with Gasteiger partial charge in [-0.2, -0.15) is 12.7 Å². The molecule has 0 aliphatic carbocycles. The van der Waals surface area contributed by atoms with Crippen LogP contribution < -0.4 is 10.0 Å². The molecule has 1 unspecified atom stereocenters. The molecule has 118 valence electrons. The molecule has 1 aromatic carbocycles. The molecule has 0 radical (unpaired) electrons. The number of piperidine rings is 1. The van der Waals surface area contributed by atoms with Crippen LogP contribution in [0.3, 0.4) is 0 Å². The van der Waals surface area contributed by atoms with Gasteiger partial charge in [0.15, 0.2) is 0 Å². The van der Waals surface area contributed by atoms with Gasteiger partial charge in [-0.25, -0.2) is 4.39 Å². The Morgan fingerprint density at radius 3 is 2.81 bits per heavy atom. The highest BCUT2D eigenvalue weighted by molar-refractivity contribution is 7.90. The van der Waals surface area contributed by atoms with Crippen molar-refractivity contribution in [1.29, 1.82) is 0 Å². The van der Waals surface area contributed by atoms with E-state index in [0.29, 0.717) is 13.1 Å². The van der Waals surface area contributed by atoms with Crippen molar-refractivity contribution in [3.05, 3.63) is 29.0 Å². The molecular weight excluding hydrogens is 317 g/mol. The van der Waals surface area contributed by atoms with Crippen LogP contribution in [0.5, 0.6) is 0 Å². The molecule has 21 heavy (non-hydrogen) atoms. The van der Waals surface area contributed by atoms with Gasteiger partial charge < -0.3 is 5.32 Å². The number of likely N-dealkylation sites (N-methyl/N-ethyl adjacent to an activating group) is 1. The van der Waals surface area contributed by atoms with Gasteiger partial charge in [-0.3, -0.25) is 4.72 Å². The average molecular weight is 336 g/mol. The van der Waals surface area contributed by atoms with Crippen molar-refractivity contribution < 1.29 is 12.8 Å². The maximum absolute atomic E-state index is 13.3. The summed E-state index contributed by atoms with van der Waals surface area (Å²) >= 11 is 5.74. The number of hydrogen-bond acceptors (Lipinski definition) is 3. The fourth-order valence-corrected chi connectivity index (χ4v) is 4.25. The van der Waals surface area contributed by atoms with Gasteiger partial charge in [-0.1, -0.05) is 18.0 Å². The van der Waals surface area contributed by atoms with E-state index in [1.807, 2.05) is 0 Å². The second-order valence-corrected chi connectivity index (χ2v) is 7.14. The standard InChI is InChI=1S/C13H19ClFN3O2S/c1-16-9-13-4-2-3-5-18(13)21(19,20)17-12-7-10(14)6-11(15)8-12/h6-8,13,16-17H,2-5,9H2,1H3. The minimum absolute atomic E-state index is 0.0923. The Bertz CT molecular complexity index is 575. The fraction of sp³-hybridized carbons (Fsp3) is 0.538. The summed E-state index contributed by atoms with van der Waals surface area (Å²) in [5.74, 6) is -0.578. The largest absolute Gasteiger partial charge is 0.318 e. The molecule has 1 heterocycles. The van der Waals surface area contributed by atoms with E-state index >= 15 is 0 Å². The number of anilines is 1. The second-order valence-electron chi connectivity index (χ2n) is 5.08. The van der Waals surface area contributed by atoms with Gasteiger partial charge in [0.25, 0.3) is 0 Å². The van der Waals surface area contributed by atoms with E-state index in [4.69, 9.17) is 11.6 Å². The first-order chi connectivity index (χ1) is 9.92. The molecule has 0 aromatic heterocycles. The number of benzene rings is 1. The number of hydrogen-bond donors (Lipinski definition) is 2. The molecule has 1 aliphatic rings. The van der Waals surface area contributed by atoms with E-state index < -0.39 is 16.0 Å². The van der Waals surface area contributed by atoms with Gasteiger partial charge in [-0.05, 0) is 38.1 Å². The molecule has 8 heteroatoms. The first-order valence-electron chi connectivity index (χ1n) is 6.82. The minimum atomic E-state index is -3.72. The molecule has 1 aliphatic heterocycles. The third-order valence-corrected chi connectivity index (χ3v) is 5.24. The lowest BCUT2D eigenvalue weighted by molar-refractivity contribution is 0.250. The van der Waals surface area contributed by atoms with Crippen LogP contribution in [0.2, 0.25) is 5.02 Å². The fourth-order valence-electron chi connectivity index (χ4n) is 2.55. The zero-order valence-corrected chi connectivity index (χ0v) is 13.3. The second kappa shape index (κ2) is 6.91. The highest BCUT2D eigenvalue weighted by atomic mass is 35.5. The molecular formula is C13H19ClFN3O2S. The zero-order valence-electron chi connectivity index (χ0n) is 11.8. The summed E-state index contributed by atoms with van der Waals surface area (Å²) < 4.78 is 42.1. The normalized spacial score (nSPS) is 20.4. The quantitative estimate of drug-likeness (QED) is 0.867. The van der Waals surface area contributed by atoms with E-state index in [1.54, 1.807) is 7.05 Å². The first kappa shape index (κ1) is 16.5. The topological polar surface area (TPSA) is 61.4 Å². The molecule has 0 spiro atoms. The summed E-state index contributed by atoms with van der Waals surface area (Å²) in [5.41, 5.74) is 0.133.